The molecule has 3 aromatic heterocycles. The third-order valence-corrected chi connectivity index (χ3v) is 13.6. The molecule has 0 radical (unpaired) electrons. The first kappa shape index (κ1) is 52.9. The Kier molecular flexibility index (Phi) is 15.7. The van der Waals surface area contributed by atoms with E-state index in [2.05, 4.69) is 19.9 Å². The molecule has 16 heteroatoms. The lowest BCUT2D eigenvalue weighted by molar-refractivity contribution is -0.266. The van der Waals surface area contributed by atoms with Gasteiger partial charge in [-0.3, -0.25) is 19.1 Å². The average molecular weight is 991 g/mol. The third kappa shape index (κ3) is 12.1. The first-order valence-electron chi connectivity index (χ1n) is 23.3. The van der Waals surface area contributed by atoms with Crippen molar-refractivity contribution in [2.45, 2.75) is 101 Å². The summed E-state index contributed by atoms with van der Waals surface area (Å²) in [6.45, 7) is 10.6. The summed E-state index contributed by atoms with van der Waals surface area (Å²) in [5.74, 6) is -1.12. The van der Waals surface area contributed by atoms with Crippen LogP contribution in [0.1, 0.15) is 83.3 Å². The molecule has 4 aromatic carbocycles. The first-order chi connectivity index (χ1) is 33.4. The zero-order valence-electron chi connectivity index (χ0n) is 40.2. The number of nitrogens with one attached hydrogen (secondary N) is 2. The number of morpholine rings is 1. The Morgan fingerprint density at radius 1 is 0.761 bits per heavy atom. The number of hydrogen-bond donors (Lipinski definition) is 4. The highest BCUT2D eigenvalue weighted by Gasteiger charge is 2.56. The van der Waals surface area contributed by atoms with Crippen LogP contribution in [0.15, 0.2) is 103 Å². The molecule has 8 nitrogen and oxygen atoms in total. The van der Waals surface area contributed by atoms with Crippen LogP contribution in [0.2, 0.25) is 0 Å². The van der Waals surface area contributed by atoms with Crippen LogP contribution in [0.25, 0.3) is 32.9 Å². The van der Waals surface area contributed by atoms with Crippen molar-refractivity contribution in [3.63, 3.8) is 0 Å². The number of pyridine rings is 1. The lowest BCUT2D eigenvalue weighted by Crippen LogP contribution is -2.51. The molecule has 3 unspecified atom stereocenters. The van der Waals surface area contributed by atoms with Crippen LogP contribution in [0.3, 0.4) is 0 Å². The van der Waals surface area contributed by atoms with Gasteiger partial charge in [0.2, 0.25) is 0 Å². The highest BCUT2D eigenvalue weighted by atomic mass is 19.4. The van der Waals surface area contributed by atoms with E-state index in [-0.39, 0.29) is 11.3 Å². The molecule has 378 valence electrons. The number of aryl methyl sites for hydroxylation is 2. The molecule has 0 saturated carbocycles. The molecule has 4 N–H and O–H groups in total. The molecule has 3 atom stereocenters. The van der Waals surface area contributed by atoms with Crippen molar-refractivity contribution in [2.75, 3.05) is 33.0 Å². The zero-order valence-corrected chi connectivity index (χ0v) is 40.2. The van der Waals surface area contributed by atoms with Crippen LogP contribution in [0, 0.1) is 25.5 Å². The fraction of sp³-hybridized carbons (Fsp3) is 0.382. The number of aliphatic hydroxyl groups is 2. The number of aldehydes is 1. The number of ether oxygens (including phenoxy) is 1. The van der Waals surface area contributed by atoms with Gasteiger partial charge >= 0.3 is 6.18 Å². The van der Waals surface area contributed by atoms with Gasteiger partial charge in [-0.15, -0.1) is 0 Å². The van der Waals surface area contributed by atoms with Gasteiger partial charge in [-0.05, 0) is 120 Å². The average Bonchev–Trinajstić information content (AvgIpc) is 3.92. The van der Waals surface area contributed by atoms with Crippen molar-refractivity contribution >= 4 is 28.1 Å². The van der Waals surface area contributed by atoms with Crippen LogP contribution >= 0.6 is 0 Å². The summed E-state index contributed by atoms with van der Waals surface area (Å²) < 4.78 is 119. The van der Waals surface area contributed by atoms with Crippen LogP contribution in [-0.2, 0) is 35.0 Å². The molecule has 1 saturated heterocycles. The second-order valence-electron chi connectivity index (χ2n) is 19.9. The number of halogens is 8. The van der Waals surface area contributed by atoms with E-state index in [0.29, 0.717) is 64.1 Å². The number of carbonyl (C=O) groups excluding carboxylic acids is 1. The van der Waals surface area contributed by atoms with E-state index in [9.17, 15) is 50.1 Å². The molecule has 0 bridgehead atoms. The summed E-state index contributed by atoms with van der Waals surface area (Å²) in [5.41, 5.74) is -1.59. The maximum absolute atomic E-state index is 14.3. The largest absolute Gasteiger partial charge is 0.417 e. The molecule has 1 aliphatic rings. The molecule has 71 heavy (non-hydrogen) atoms. The van der Waals surface area contributed by atoms with Crippen molar-refractivity contribution in [1.29, 1.82) is 0 Å². The standard InChI is InChI=1S/C29H27F4NO2.C26H31F4N3O2/c1-18-8-10-22(30)14-25(18)27(2,3)17-28(36,29(31,32)33)15-23-13-21-12-19(9-11-26(21)34-23)24-7-5-4-6-20(24)16-35;1-17-3-4-19(28)11-22(17)25(2,16-27)15-26(34,24(29)30)12-20-9-18-10-21(31-13-23(18)32-20)14-33-5-7-35-8-6-33/h4-14,16,34,36H,15,17H2,1-3H3;3-4,9-11,13,24,32,34H,5-8,12,14-16H2,1-2H3. The van der Waals surface area contributed by atoms with Crippen LogP contribution < -0.4 is 0 Å². The third-order valence-electron chi connectivity index (χ3n) is 13.6. The number of rotatable bonds is 16. The van der Waals surface area contributed by atoms with E-state index in [1.807, 2.05) is 6.07 Å². The monoisotopic (exact) mass is 990 g/mol. The van der Waals surface area contributed by atoms with E-state index in [4.69, 9.17) is 4.74 Å². The number of H-pyrrole nitrogens is 2. The number of fused-ring (bicyclic) bond motifs is 2. The molecule has 0 spiro atoms. The Labute approximate surface area is 407 Å². The topological polar surface area (TPSA) is 114 Å². The van der Waals surface area contributed by atoms with Gasteiger partial charge in [0.15, 0.2) is 11.9 Å². The molecule has 0 aliphatic carbocycles. The summed E-state index contributed by atoms with van der Waals surface area (Å²) in [7, 11) is 0. The second-order valence-corrected chi connectivity index (χ2v) is 19.9. The first-order valence-corrected chi connectivity index (χ1v) is 23.3. The van der Waals surface area contributed by atoms with Crippen molar-refractivity contribution in [1.82, 2.24) is 19.9 Å². The van der Waals surface area contributed by atoms with Crippen molar-refractivity contribution in [3.8, 4) is 11.1 Å². The summed E-state index contributed by atoms with van der Waals surface area (Å²) in [6.07, 6.45) is -7.98. The van der Waals surface area contributed by atoms with Crippen molar-refractivity contribution < 1.29 is 54.9 Å². The van der Waals surface area contributed by atoms with Crippen molar-refractivity contribution in [3.05, 3.63) is 160 Å². The van der Waals surface area contributed by atoms with Crippen molar-refractivity contribution in [2.24, 2.45) is 0 Å². The molecule has 4 heterocycles. The van der Waals surface area contributed by atoms with Gasteiger partial charge in [-0.2, -0.15) is 13.2 Å². The predicted octanol–water partition coefficient (Wildman–Crippen LogP) is 12.0. The minimum atomic E-state index is -4.92. The maximum Gasteiger partial charge on any atom is 0.417 e. The van der Waals surface area contributed by atoms with Crippen LogP contribution in [0.4, 0.5) is 35.1 Å². The lowest BCUT2D eigenvalue weighted by atomic mass is 9.72. The van der Waals surface area contributed by atoms with E-state index >= 15 is 0 Å². The van der Waals surface area contributed by atoms with Gasteiger partial charge in [-0.1, -0.05) is 63.2 Å². The van der Waals surface area contributed by atoms with Gasteiger partial charge in [0.05, 0.1) is 37.3 Å². The number of alkyl halides is 6. The number of nitrogens with zero attached hydrogens (tertiary/aromatic N) is 2. The van der Waals surface area contributed by atoms with Gasteiger partial charge in [0.1, 0.15) is 17.2 Å². The number of carbonyl (C=O) groups is 1. The Bertz CT molecular complexity index is 2980. The fourth-order valence-corrected chi connectivity index (χ4v) is 10.0. The number of hydrogen-bond acceptors (Lipinski definition) is 6. The van der Waals surface area contributed by atoms with E-state index in [1.54, 1.807) is 88.5 Å². The fourth-order valence-electron chi connectivity index (χ4n) is 10.0. The quantitative estimate of drug-likeness (QED) is 0.0566. The highest BCUT2D eigenvalue weighted by Crippen LogP contribution is 2.45. The minimum Gasteiger partial charge on any atom is -0.383 e. The molecule has 1 aliphatic heterocycles. The van der Waals surface area contributed by atoms with E-state index < -0.39 is 78.6 Å². The predicted molar refractivity (Wildman–Crippen MR) is 259 cm³/mol. The molecule has 7 aromatic rings. The molecule has 0 amide bonds. The highest BCUT2D eigenvalue weighted by molar-refractivity contribution is 5.92. The minimum absolute atomic E-state index is 0.220. The van der Waals surface area contributed by atoms with E-state index in [0.717, 1.165) is 47.6 Å². The Morgan fingerprint density at radius 3 is 2.00 bits per heavy atom. The molecular weight excluding hydrogens is 933 g/mol. The lowest BCUT2D eigenvalue weighted by Gasteiger charge is -2.38. The Hall–Kier alpha value is -5.94. The van der Waals surface area contributed by atoms with Gasteiger partial charge < -0.3 is 24.9 Å². The normalized spacial score (nSPS) is 16.3. The number of aromatic amines is 2. The van der Waals surface area contributed by atoms with Crippen LogP contribution in [0.5, 0.6) is 0 Å². The van der Waals surface area contributed by atoms with E-state index in [1.165, 1.54) is 37.3 Å². The number of aromatic nitrogens is 3. The summed E-state index contributed by atoms with van der Waals surface area (Å²) >= 11 is 0. The van der Waals surface area contributed by atoms with Gasteiger partial charge in [0, 0.05) is 71.1 Å². The van der Waals surface area contributed by atoms with Crippen LogP contribution in [-0.4, -0.2) is 93.1 Å². The van der Waals surface area contributed by atoms with Gasteiger partial charge in [-0.25, -0.2) is 17.6 Å². The molecular formula is C55H58F8N4O4. The summed E-state index contributed by atoms with van der Waals surface area (Å²) in [4.78, 5) is 24.2. The molecule has 8 rings (SSSR count). The van der Waals surface area contributed by atoms with Gasteiger partial charge in [0.25, 0.3) is 6.43 Å². The zero-order chi connectivity index (χ0) is 51.5. The number of benzene rings is 4. The smallest absolute Gasteiger partial charge is 0.383 e. The second kappa shape index (κ2) is 21.0. The Morgan fingerprint density at radius 2 is 1.37 bits per heavy atom. The molecule has 1 fully saturated rings. The maximum atomic E-state index is 14.3. The summed E-state index contributed by atoms with van der Waals surface area (Å²) in [5, 5.41) is 23.5. The Balaban J connectivity index is 0.000000209. The SMILES string of the molecule is Cc1ccc(F)cc1C(C)(C)CC(O)(Cc1cc2cc(-c3ccccc3C=O)ccc2[nH]1)C(F)(F)F.Cc1ccc(F)cc1C(C)(CF)CC(O)(Cc1cc2cc(CN3CCOCC3)ncc2[nH]1)C(F)F. The summed E-state index contributed by atoms with van der Waals surface area (Å²) in [6, 6.07) is 25.5.